The molecular weight excluding hydrogens is 370 g/mol. The Kier molecular flexibility index (Phi) is 4.87. The van der Waals surface area contributed by atoms with Gasteiger partial charge in [-0.25, -0.2) is 0 Å². The summed E-state index contributed by atoms with van der Waals surface area (Å²) in [5, 5.41) is 8.98. The molecule has 0 atom stereocenters. The molecule has 29 heavy (non-hydrogen) atoms. The second-order valence-electron chi connectivity index (χ2n) is 8.10. The fraction of sp³-hybridized carbons (Fsp3) is 0.571. The number of ether oxygens (including phenoxy) is 2. The number of hydrogen-bond donors (Lipinski definition) is 0. The molecule has 4 heterocycles. The maximum atomic E-state index is 13.1. The number of likely N-dealkylation sites (tertiary alicyclic amines) is 1. The summed E-state index contributed by atoms with van der Waals surface area (Å²) in [6.45, 7) is 5.33. The van der Waals surface area contributed by atoms with Crippen molar-refractivity contribution in [1.29, 1.82) is 0 Å². The van der Waals surface area contributed by atoms with E-state index in [1.165, 1.54) is 0 Å². The summed E-state index contributed by atoms with van der Waals surface area (Å²) in [5.41, 5.74) is 0.641. The second-order valence-corrected chi connectivity index (χ2v) is 8.10. The highest BCUT2D eigenvalue weighted by molar-refractivity contribution is 5.95. The normalized spacial score (nSPS) is 20.2. The summed E-state index contributed by atoms with van der Waals surface area (Å²) >= 11 is 0. The highest BCUT2D eigenvalue weighted by Crippen LogP contribution is 2.31. The Morgan fingerprint density at radius 2 is 1.79 bits per heavy atom. The summed E-state index contributed by atoms with van der Waals surface area (Å²) in [4.78, 5) is 17.4. The highest BCUT2D eigenvalue weighted by atomic mass is 16.6. The molecule has 2 aromatic rings. The van der Waals surface area contributed by atoms with Crippen LogP contribution in [0.3, 0.4) is 0 Å². The number of benzene rings is 1. The smallest absolute Gasteiger partial charge is 0.254 e. The van der Waals surface area contributed by atoms with E-state index in [0.717, 1.165) is 50.5 Å². The van der Waals surface area contributed by atoms with Gasteiger partial charge in [0.25, 0.3) is 5.91 Å². The topological polar surface area (TPSA) is 72.7 Å². The number of carbonyl (C=O) groups is 1. The van der Waals surface area contributed by atoms with E-state index in [9.17, 15) is 4.79 Å². The van der Waals surface area contributed by atoms with Gasteiger partial charge in [-0.1, -0.05) is 0 Å². The lowest BCUT2D eigenvalue weighted by Crippen LogP contribution is -2.34. The van der Waals surface area contributed by atoms with Crippen molar-refractivity contribution in [1.82, 2.24) is 24.6 Å². The minimum atomic E-state index is 0.0292. The molecule has 0 saturated carbocycles. The first-order valence-electron chi connectivity index (χ1n) is 10.5. The molecule has 0 unspecified atom stereocenters. The largest absolute Gasteiger partial charge is 0.486 e. The molecule has 1 amide bonds. The Bertz CT molecular complexity index is 904. The van der Waals surface area contributed by atoms with Crippen LogP contribution in [0.1, 0.15) is 40.8 Å². The fourth-order valence-corrected chi connectivity index (χ4v) is 4.48. The molecule has 0 N–H and O–H groups in total. The summed E-state index contributed by atoms with van der Waals surface area (Å²) in [7, 11) is 2.17. The average molecular weight is 397 g/mol. The van der Waals surface area contributed by atoms with E-state index in [1.54, 1.807) is 6.07 Å². The first kappa shape index (κ1) is 18.4. The minimum absolute atomic E-state index is 0.0292. The van der Waals surface area contributed by atoms with Gasteiger partial charge >= 0.3 is 0 Å². The Balaban J connectivity index is 1.30. The lowest BCUT2D eigenvalue weighted by molar-refractivity contribution is 0.0757. The van der Waals surface area contributed by atoms with E-state index in [1.807, 2.05) is 17.0 Å². The van der Waals surface area contributed by atoms with Gasteiger partial charge in [0.15, 0.2) is 11.5 Å². The van der Waals surface area contributed by atoms with Gasteiger partial charge in [-0.05, 0) is 51.2 Å². The maximum Gasteiger partial charge on any atom is 0.254 e. The quantitative estimate of drug-likeness (QED) is 0.766. The molecule has 8 nitrogen and oxygen atoms in total. The molecule has 3 aliphatic heterocycles. The van der Waals surface area contributed by atoms with Crippen molar-refractivity contribution in [2.75, 3.05) is 46.4 Å². The standard InChI is InChI=1S/C21H27N5O3/c1-24-7-4-15(5-8-24)20-23-22-19-6-9-25(10-11-26(19)20)21(27)16-2-3-17-18(14-16)29-13-12-28-17/h2-3,14-15H,4-13H2,1H3. The zero-order chi connectivity index (χ0) is 19.8. The Morgan fingerprint density at radius 1 is 1.00 bits per heavy atom. The van der Waals surface area contributed by atoms with Crippen LogP contribution in [0.2, 0.25) is 0 Å². The molecule has 154 valence electrons. The molecule has 0 bridgehead atoms. The van der Waals surface area contributed by atoms with Crippen molar-refractivity contribution in [2.24, 2.45) is 0 Å². The molecule has 1 fully saturated rings. The number of carbonyl (C=O) groups excluding carboxylic acids is 1. The van der Waals surface area contributed by atoms with Crippen LogP contribution in [0.4, 0.5) is 0 Å². The zero-order valence-corrected chi connectivity index (χ0v) is 16.8. The Hall–Kier alpha value is -2.61. The lowest BCUT2D eigenvalue weighted by atomic mass is 9.96. The van der Waals surface area contributed by atoms with E-state index < -0.39 is 0 Å². The van der Waals surface area contributed by atoms with Crippen LogP contribution >= 0.6 is 0 Å². The summed E-state index contributed by atoms with van der Waals surface area (Å²) < 4.78 is 13.5. The van der Waals surface area contributed by atoms with Crippen molar-refractivity contribution in [3.05, 3.63) is 35.4 Å². The third-order valence-corrected chi connectivity index (χ3v) is 6.21. The summed E-state index contributed by atoms with van der Waals surface area (Å²) in [6, 6.07) is 5.45. The number of nitrogens with zero attached hydrogens (tertiary/aromatic N) is 5. The molecular formula is C21H27N5O3. The van der Waals surface area contributed by atoms with Crippen LogP contribution in [0.25, 0.3) is 0 Å². The van der Waals surface area contributed by atoms with Gasteiger partial charge in [-0.15, -0.1) is 10.2 Å². The van der Waals surface area contributed by atoms with Crippen molar-refractivity contribution in [3.8, 4) is 11.5 Å². The van der Waals surface area contributed by atoms with Crippen molar-refractivity contribution in [2.45, 2.75) is 31.7 Å². The third kappa shape index (κ3) is 3.57. The van der Waals surface area contributed by atoms with Crippen molar-refractivity contribution in [3.63, 3.8) is 0 Å². The number of amides is 1. The van der Waals surface area contributed by atoms with Crippen LogP contribution in [-0.2, 0) is 13.0 Å². The number of aromatic nitrogens is 3. The molecule has 1 aromatic heterocycles. The lowest BCUT2D eigenvalue weighted by Gasteiger charge is -2.28. The van der Waals surface area contributed by atoms with Gasteiger partial charge in [0, 0.05) is 37.5 Å². The van der Waals surface area contributed by atoms with Crippen molar-refractivity contribution >= 4 is 5.91 Å². The Labute approximate surface area is 170 Å². The molecule has 1 saturated heterocycles. The number of fused-ring (bicyclic) bond motifs is 2. The van der Waals surface area contributed by atoms with E-state index >= 15 is 0 Å². The van der Waals surface area contributed by atoms with Gasteiger partial charge in [0.2, 0.25) is 0 Å². The molecule has 5 rings (SSSR count). The van der Waals surface area contributed by atoms with Gasteiger partial charge in [0.1, 0.15) is 24.9 Å². The monoisotopic (exact) mass is 397 g/mol. The SMILES string of the molecule is CN1CCC(c2nnc3n2CCN(C(=O)c2ccc4c(c2)OCCO4)CC3)CC1. The second kappa shape index (κ2) is 7.67. The highest BCUT2D eigenvalue weighted by Gasteiger charge is 2.28. The molecule has 1 aromatic carbocycles. The first-order chi connectivity index (χ1) is 14.2. The fourth-order valence-electron chi connectivity index (χ4n) is 4.48. The molecule has 0 spiro atoms. The van der Waals surface area contributed by atoms with Crippen LogP contribution in [0, 0.1) is 0 Å². The molecule has 0 radical (unpaired) electrons. The predicted octanol–water partition coefficient (Wildman–Crippen LogP) is 1.56. The molecule has 3 aliphatic rings. The number of piperidine rings is 1. The van der Waals surface area contributed by atoms with Gasteiger partial charge in [0.05, 0.1) is 0 Å². The molecule has 0 aliphatic carbocycles. The minimum Gasteiger partial charge on any atom is -0.486 e. The Morgan fingerprint density at radius 3 is 2.62 bits per heavy atom. The van der Waals surface area contributed by atoms with Gasteiger partial charge in [-0.3, -0.25) is 4.79 Å². The van der Waals surface area contributed by atoms with Crippen LogP contribution in [0.15, 0.2) is 18.2 Å². The van der Waals surface area contributed by atoms with Gasteiger partial charge in [-0.2, -0.15) is 0 Å². The first-order valence-corrected chi connectivity index (χ1v) is 10.5. The van der Waals surface area contributed by atoms with Crippen LogP contribution in [0.5, 0.6) is 11.5 Å². The van der Waals surface area contributed by atoms with E-state index in [-0.39, 0.29) is 5.91 Å². The molecule has 8 heteroatoms. The summed E-state index contributed by atoms with van der Waals surface area (Å²) in [5.74, 6) is 3.95. The van der Waals surface area contributed by atoms with Crippen LogP contribution in [-0.4, -0.2) is 76.9 Å². The average Bonchev–Trinajstić information content (AvgIpc) is 3.04. The van der Waals surface area contributed by atoms with E-state index in [2.05, 4.69) is 26.7 Å². The third-order valence-electron chi connectivity index (χ3n) is 6.21. The van der Waals surface area contributed by atoms with E-state index in [0.29, 0.717) is 49.3 Å². The predicted molar refractivity (Wildman–Crippen MR) is 107 cm³/mol. The van der Waals surface area contributed by atoms with E-state index in [4.69, 9.17) is 9.47 Å². The number of rotatable bonds is 2. The maximum absolute atomic E-state index is 13.1. The van der Waals surface area contributed by atoms with Crippen molar-refractivity contribution < 1.29 is 14.3 Å². The zero-order valence-electron chi connectivity index (χ0n) is 16.8. The van der Waals surface area contributed by atoms with Gasteiger partial charge < -0.3 is 23.8 Å². The summed E-state index contributed by atoms with van der Waals surface area (Å²) in [6.07, 6.45) is 2.97. The van der Waals surface area contributed by atoms with Crippen LogP contribution < -0.4 is 9.47 Å². The number of hydrogen-bond acceptors (Lipinski definition) is 6.